The van der Waals surface area contributed by atoms with Gasteiger partial charge in [0.25, 0.3) is 0 Å². The molecule has 0 aliphatic rings. The largest absolute Gasteiger partial charge is 0.444 e. The monoisotopic (exact) mass is 518 g/mol. The van der Waals surface area contributed by atoms with Gasteiger partial charge >= 0.3 is 6.09 Å². The van der Waals surface area contributed by atoms with Crippen molar-refractivity contribution in [3.63, 3.8) is 0 Å². The second-order valence-corrected chi connectivity index (χ2v) is 10.5. The third kappa shape index (κ3) is 11.2. The van der Waals surface area contributed by atoms with Crippen molar-refractivity contribution in [2.75, 3.05) is 13.1 Å². The SMILES string of the molecule is CCCCCNC(=O)C(c1cc(C)ccc1C)N(CCCC)C(=O)C(CC(N)=O)NC(=O)OC(C)(C)C. The topological polar surface area (TPSA) is 131 Å². The number of primary amides is 1. The number of hydrogen-bond donors (Lipinski definition) is 3. The van der Waals surface area contributed by atoms with Crippen molar-refractivity contribution in [3.8, 4) is 0 Å². The van der Waals surface area contributed by atoms with Crippen molar-refractivity contribution in [2.24, 2.45) is 5.73 Å². The zero-order valence-corrected chi connectivity index (χ0v) is 23.6. The molecule has 208 valence electrons. The summed E-state index contributed by atoms with van der Waals surface area (Å²) < 4.78 is 5.31. The Morgan fingerprint density at radius 1 is 1.03 bits per heavy atom. The second-order valence-electron chi connectivity index (χ2n) is 10.5. The molecule has 0 aliphatic carbocycles. The normalized spacial score (nSPS) is 12.8. The molecule has 0 radical (unpaired) electrons. The first-order valence-corrected chi connectivity index (χ1v) is 13.2. The Bertz CT molecular complexity index is 926. The van der Waals surface area contributed by atoms with Gasteiger partial charge in [0.15, 0.2) is 0 Å². The van der Waals surface area contributed by atoms with Crippen molar-refractivity contribution in [1.82, 2.24) is 15.5 Å². The van der Waals surface area contributed by atoms with Gasteiger partial charge in [-0.1, -0.05) is 56.9 Å². The van der Waals surface area contributed by atoms with Crippen LogP contribution in [0.5, 0.6) is 0 Å². The Labute approximate surface area is 221 Å². The summed E-state index contributed by atoms with van der Waals surface area (Å²) in [4.78, 5) is 53.4. The summed E-state index contributed by atoms with van der Waals surface area (Å²) in [7, 11) is 0. The van der Waals surface area contributed by atoms with Gasteiger partial charge in [0, 0.05) is 13.1 Å². The summed E-state index contributed by atoms with van der Waals surface area (Å²) in [6.45, 7) is 13.7. The molecule has 0 aliphatic heterocycles. The first-order chi connectivity index (χ1) is 17.3. The third-order valence-corrected chi connectivity index (χ3v) is 5.80. The van der Waals surface area contributed by atoms with Gasteiger partial charge in [0.05, 0.1) is 6.42 Å². The lowest BCUT2D eigenvalue weighted by molar-refractivity contribution is -0.143. The van der Waals surface area contributed by atoms with Crippen molar-refractivity contribution in [1.29, 1.82) is 0 Å². The Morgan fingerprint density at radius 3 is 2.24 bits per heavy atom. The van der Waals surface area contributed by atoms with E-state index < -0.39 is 42.0 Å². The number of benzene rings is 1. The summed E-state index contributed by atoms with van der Waals surface area (Å²) >= 11 is 0. The minimum absolute atomic E-state index is 0.265. The lowest BCUT2D eigenvalue weighted by Gasteiger charge is -2.35. The van der Waals surface area contributed by atoms with E-state index in [0.717, 1.165) is 36.8 Å². The zero-order valence-electron chi connectivity index (χ0n) is 23.6. The number of nitrogens with zero attached hydrogens (tertiary/aromatic N) is 1. The van der Waals surface area contributed by atoms with E-state index in [1.54, 1.807) is 20.8 Å². The molecule has 0 aromatic heterocycles. The molecular weight excluding hydrogens is 472 g/mol. The number of rotatable bonds is 14. The van der Waals surface area contributed by atoms with E-state index in [0.29, 0.717) is 18.5 Å². The van der Waals surface area contributed by atoms with Gasteiger partial charge in [-0.3, -0.25) is 14.4 Å². The Balaban J connectivity index is 3.49. The van der Waals surface area contributed by atoms with Crippen LogP contribution in [0.1, 0.15) is 95.9 Å². The van der Waals surface area contributed by atoms with Gasteiger partial charge in [0.1, 0.15) is 17.7 Å². The van der Waals surface area contributed by atoms with Gasteiger partial charge in [-0.2, -0.15) is 0 Å². The maximum Gasteiger partial charge on any atom is 0.408 e. The summed E-state index contributed by atoms with van der Waals surface area (Å²) in [6.07, 6.45) is 2.98. The molecule has 1 aromatic carbocycles. The van der Waals surface area contributed by atoms with Crippen LogP contribution >= 0.6 is 0 Å². The smallest absolute Gasteiger partial charge is 0.408 e. The predicted molar refractivity (Wildman–Crippen MR) is 145 cm³/mol. The molecule has 1 aromatic rings. The number of alkyl carbamates (subject to hydrolysis) is 1. The van der Waals surface area contributed by atoms with Crippen LogP contribution in [0.2, 0.25) is 0 Å². The van der Waals surface area contributed by atoms with Crippen LogP contribution in [0.3, 0.4) is 0 Å². The summed E-state index contributed by atoms with van der Waals surface area (Å²) in [5.41, 5.74) is 7.15. The van der Waals surface area contributed by atoms with Crippen LogP contribution in [0.25, 0.3) is 0 Å². The Morgan fingerprint density at radius 2 is 1.68 bits per heavy atom. The van der Waals surface area contributed by atoms with Crippen molar-refractivity contribution in [3.05, 3.63) is 34.9 Å². The maximum atomic E-state index is 13.9. The van der Waals surface area contributed by atoms with Crippen molar-refractivity contribution >= 4 is 23.8 Å². The van der Waals surface area contributed by atoms with E-state index >= 15 is 0 Å². The molecule has 4 amide bonds. The quantitative estimate of drug-likeness (QED) is 0.320. The average molecular weight is 519 g/mol. The molecular formula is C28H46N4O5. The first-order valence-electron chi connectivity index (χ1n) is 13.2. The fraction of sp³-hybridized carbons (Fsp3) is 0.643. The number of nitrogens with one attached hydrogen (secondary N) is 2. The molecule has 0 spiro atoms. The minimum atomic E-state index is -1.27. The Hall–Kier alpha value is -3.10. The molecule has 9 heteroatoms. The number of ether oxygens (including phenoxy) is 1. The van der Waals surface area contributed by atoms with E-state index in [-0.39, 0.29) is 12.5 Å². The van der Waals surface area contributed by atoms with Crippen molar-refractivity contribution < 1.29 is 23.9 Å². The first kappa shape index (κ1) is 31.9. The van der Waals surface area contributed by atoms with Crippen LogP contribution in [0, 0.1) is 13.8 Å². The lowest BCUT2D eigenvalue weighted by atomic mass is 9.95. The third-order valence-electron chi connectivity index (χ3n) is 5.80. The number of amides is 4. The molecule has 9 nitrogen and oxygen atoms in total. The maximum absolute atomic E-state index is 13.9. The number of unbranched alkanes of at least 4 members (excludes halogenated alkanes) is 3. The van der Waals surface area contributed by atoms with E-state index in [9.17, 15) is 19.2 Å². The van der Waals surface area contributed by atoms with Crippen LogP contribution < -0.4 is 16.4 Å². The van der Waals surface area contributed by atoms with Gasteiger partial charge in [-0.05, 0) is 58.6 Å². The predicted octanol–water partition coefficient (Wildman–Crippen LogP) is 4.05. The van der Waals surface area contributed by atoms with E-state index in [1.165, 1.54) is 4.90 Å². The number of nitrogens with two attached hydrogens (primary N) is 1. The average Bonchev–Trinajstić information content (AvgIpc) is 2.78. The molecule has 2 unspecified atom stereocenters. The molecule has 37 heavy (non-hydrogen) atoms. The minimum Gasteiger partial charge on any atom is -0.444 e. The highest BCUT2D eigenvalue weighted by Crippen LogP contribution is 2.27. The van der Waals surface area contributed by atoms with Gasteiger partial charge in [-0.25, -0.2) is 4.79 Å². The summed E-state index contributed by atoms with van der Waals surface area (Å²) in [6, 6.07) is 3.57. The number of hydrogen-bond acceptors (Lipinski definition) is 5. The fourth-order valence-electron chi connectivity index (χ4n) is 3.93. The van der Waals surface area contributed by atoms with Gasteiger partial charge in [0.2, 0.25) is 17.7 Å². The number of carbonyl (C=O) groups excluding carboxylic acids is 4. The molecule has 1 rings (SSSR count). The van der Waals surface area contributed by atoms with Gasteiger partial charge < -0.3 is 26.0 Å². The number of carbonyl (C=O) groups is 4. The second kappa shape index (κ2) is 15.2. The lowest BCUT2D eigenvalue weighted by Crippen LogP contribution is -2.54. The fourth-order valence-corrected chi connectivity index (χ4v) is 3.93. The zero-order chi connectivity index (χ0) is 28.2. The highest BCUT2D eigenvalue weighted by molar-refractivity contribution is 5.94. The molecule has 4 N–H and O–H groups in total. The van der Waals surface area contributed by atoms with E-state index in [1.807, 2.05) is 39.0 Å². The Kier molecular flexibility index (Phi) is 13.1. The summed E-state index contributed by atoms with van der Waals surface area (Å²) in [5.74, 6) is -1.62. The van der Waals surface area contributed by atoms with Gasteiger partial charge in [-0.15, -0.1) is 0 Å². The highest BCUT2D eigenvalue weighted by atomic mass is 16.6. The van der Waals surface area contributed by atoms with Crippen LogP contribution in [-0.2, 0) is 19.1 Å². The molecule has 0 fully saturated rings. The van der Waals surface area contributed by atoms with Crippen LogP contribution in [0.4, 0.5) is 4.79 Å². The highest BCUT2D eigenvalue weighted by Gasteiger charge is 2.37. The van der Waals surface area contributed by atoms with Crippen LogP contribution in [0.15, 0.2) is 18.2 Å². The standard InChI is InChI=1S/C28H46N4O5/c1-8-10-12-15-30-25(34)24(21-17-19(3)13-14-20(21)4)32(16-11-9-2)26(35)22(18-23(29)33)31-27(36)37-28(5,6)7/h13-14,17,22,24H,8-12,15-16,18H2,1-7H3,(H2,29,33)(H,30,34)(H,31,36). The molecule has 0 saturated heterocycles. The van der Waals surface area contributed by atoms with E-state index in [4.69, 9.17) is 10.5 Å². The number of aryl methyl sites for hydroxylation is 2. The molecule has 0 bridgehead atoms. The molecule has 2 atom stereocenters. The molecule has 0 heterocycles. The molecule has 0 saturated carbocycles. The summed E-state index contributed by atoms with van der Waals surface area (Å²) in [5, 5.41) is 5.50. The van der Waals surface area contributed by atoms with E-state index in [2.05, 4.69) is 17.6 Å². The van der Waals surface area contributed by atoms with Crippen LogP contribution in [-0.4, -0.2) is 53.4 Å². The van der Waals surface area contributed by atoms with Crippen molar-refractivity contribution in [2.45, 2.75) is 105 Å².